The molecule has 1 fully saturated rings. The Labute approximate surface area is 122 Å². The van der Waals surface area contributed by atoms with Crippen LogP contribution in [0.3, 0.4) is 0 Å². The van der Waals surface area contributed by atoms with Gasteiger partial charge >= 0.3 is 0 Å². The third kappa shape index (κ3) is 5.61. The van der Waals surface area contributed by atoms with Crippen LogP contribution in [0.5, 0.6) is 0 Å². The molecule has 3 heteroatoms. The van der Waals surface area contributed by atoms with E-state index in [0.29, 0.717) is 12.7 Å². The van der Waals surface area contributed by atoms with Crippen molar-refractivity contribution >= 4 is 0 Å². The number of hydrogen-bond acceptors (Lipinski definition) is 3. The Kier molecular flexibility index (Phi) is 5.58. The van der Waals surface area contributed by atoms with Crippen LogP contribution in [0.1, 0.15) is 44.7 Å². The van der Waals surface area contributed by atoms with Gasteiger partial charge in [0.25, 0.3) is 0 Å². The second-order valence-electron chi connectivity index (χ2n) is 6.55. The lowest BCUT2D eigenvalue weighted by atomic mass is 10.1. The van der Waals surface area contributed by atoms with E-state index in [2.05, 4.69) is 50.4 Å². The van der Waals surface area contributed by atoms with Crippen LogP contribution >= 0.6 is 0 Å². The van der Waals surface area contributed by atoms with E-state index in [0.717, 1.165) is 32.6 Å². The molecule has 3 nitrogen and oxygen atoms in total. The molecule has 0 spiro atoms. The zero-order valence-electron chi connectivity index (χ0n) is 12.9. The Morgan fingerprint density at radius 1 is 1.20 bits per heavy atom. The standard InChI is InChI=1S/C17H27NO2/c1-17(2,3)18-12-14-5-4-6-15(11-14)13-20-16-7-9-19-10-8-16/h4-6,11,16,18H,7-10,12-13H2,1-3H3. The SMILES string of the molecule is CC(C)(C)NCc1cccc(COC2CCOCC2)c1. The summed E-state index contributed by atoms with van der Waals surface area (Å²) in [6.45, 7) is 9.82. The molecular formula is C17H27NO2. The first-order valence-electron chi connectivity index (χ1n) is 7.55. The summed E-state index contributed by atoms with van der Waals surface area (Å²) >= 11 is 0. The topological polar surface area (TPSA) is 30.5 Å². The molecule has 0 aliphatic carbocycles. The lowest BCUT2D eigenvalue weighted by Crippen LogP contribution is -2.35. The van der Waals surface area contributed by atoms with Gasteiger partial charge in [-0.1, -0.05) is 24.3 Å². The number of ether oxygens (including phenoxy) is 2. The van der Waals surface area contributed by atoms with Gasteiger partial charge in [-0.05, 0) is 44.7 Å². The molecule has 1 saturated heterocycles. The van der Waals surface area contributed by atoms with Crippen molar-refractivity contribution in [1.29, 1.82) is 0 Å². The summed E-state index contributed by atoms with van der Waals surface area (Å²) in [7, 11) is 0. The largest absolute Gasteiger partial charge is 0.381 e. The molecule has 0 radical (unpaired) electrons. The summed E-state index contributed by atoms with van der Waals surface area (Å²) in [6.07, 6.45) is 2.40. The molecule has 0 bridgehead atoms. The Morgan fingerprint density at radius 3 is 2.60 bits per heavy atom. The van der Waals surface area contributed by atoms with Gasteiger partial charge in [-0.15, -0.1) is 0 Å². The lowest BCUT2D eigenvalue weighted by molar-refractivity contribution is -0.0390. The van der Waals surface area contributed by atoms with Gasteiger partial charge in [-0.2, -0.15) is 0 Å². The average Bonchev–Trinajstić information content (AvgIpc) is 2.44. The van der Waals surface area contributed by atoms with Gasteiger partial charge in [0.15, 0.2) is 0 Å². The normalized spacial score (nSPS) is 17.4. The molecule has 1 aromatic carbocycles. The third-order valence-electron chi connectivity index (χ3n) is 3.47. The van der Waals surface area contributed by atoms with E-state index in [9.17, 15) is 0 Å². The van der Waals surface area contributed by atoms with Crippen molar-refractivity contribution in [3.05, 3.63) is 35.4 Å². The molecule has 1 aliphatic rings. The first kappa shape index (κ1) is 15.5. The highest BCUT2D eigenvalue weighted by molar-refractivity contribution is 5.23. The molecule has 2 rings (SSSR count). The number of rotatable bonds is 5. The minimum atomic E-state index is 0.147. The maximum atomic E-state index is 5.97. The minimum Gasteiger partial charge on any atom is -0.381 e. The Morgan fingerprint density at radius 2 is 1.90 bits per heavy atom. The summed E-state index contributed by atoms with van der Waals surface area (Å²) in [6, 6.07) is 8.65. The third-order valence-corrected chi connectivity index (χ3v) is 3.47. The Hall–Kier alpha value is -0.900. The van der Waals surface area contributed by atoms with Crippen LogP contribution in [-0.2, 0) is 22.6 Å². The van der Waals surface area contributed by atoms with Gasteiger partial charge in [-0.3, -0.25) is 0 Å². The first-order chi connectivity index (χ1) is 9.53. The van der Waals surface area contributed by atoms with Crippen LogP contribution in [0.2, 0.25) is 0 Å². The second-order valence-corrected chi connectivity index (χ2v) is 6.55. The summed E-state index contributed by atoms with van der Waals surface area (Å²) < 4.78 is 11.3. The maximum Gasteiger partial charge on any atom is 0.0720 e. The summed E-state index contributed by atoms with van der Waals surface area (Å²) in [5.41, 5.74) is 2.71. The summed E-state index contributed by atoms with van der Waals surface area (Å²) in [5.74, 6) is 0. The molecule has 1 N–H and O–H groups in total. The predicted octanol–water partition coefficient (Wildman–Crippen LogP) is 3.27. The van der Waals surface area contributed by atoms with Crippen LogP contribution in [0.4, 0.5) is 0 Å². The van der Waals surface area contributed by atoms with Crippen molar-refractivity contribution in [2.75, 3.05) is 13.2 Å². The highest BCUT2D eigenvalue weighted by Gasteiger charge is 2.14. The zero-order chi connectivity index (χ0) is 14.4. The van der Waals surface area contributed by atoms with E-state index >= 15 is 0 Å². The van der Waals surface area contributed by atoms with Gasteiger partial charge < -0.3 is 14.8 Å². The molecule has 0 atom stereocenters. The van der Waals surface area contributed by atoms with Gasteiger partial charge in [0.2, 0.25) is 0 Å². The van der Waals surface area contributed by atoms with Crippen LogP contribution in [0.15, 0.2) is 24.3 Å². The molecule has 20 heavy (non-hydrogen) atoms. The maximum absolute atomic E-state index is 5.97. The Balaban J connectivity index is 1.82. The smallest absolute Gasteiger partial charge is 0.0720 e. The molecular weight excluding hydrogens is 250 g/mol. The van der Waals surface area contributed by atoms with E-state index in [1.54, 1.807) is 0 Å². The molecule has 0 amide bonds. The van der Waals surface area contributed by atoms with E-state index in [1.165, 1.54) is 11.1 Å². The number of hydrogen-bond donors (Lipinski definition) is 1. The van der Waals surface area contributed by atoms with Gasteiger partial charge in [0, 0.05) is 25.3 Å². The fourth-order valence-electron chi connectivity index (χ4n) is 2.25. The van der Waals surface area contributed by atoms with Gasteiger partial charge in [0.05, 0.1) is 12.7 Å². The highest BCUT2D eigenvalue weighted by Crippen LogP contribution is 2.14. The quantitative estimate of drug-likeness (QED) is 0.896. The molecule has 1 heterocycles. The van der Waals surface area contributed by atoms with Gasteiger partial charge in [0.1, 0.15) is 0 Å². The molecule has 0 aromatic heterocycles. The van der Waals surface area contributed by atoms with Crippen LogP contribution in [0.25, 0.3) is 0 Å². The summed E-state index contributed by atoms with van der Waals surface area (Å²) in [4.78, 5) is 0. The van der Waals surface area contributed by atoms with Gasteiger partial charge in [-0.25, -0.2) is 0 Å². The highest BCUT2D eigenvalue weighted by atomic mass is 16.5. The van der Waals surface area contributed by atoms with E-state index in [-0.39, 0.29) is 5.54 Å². The van der Waals surface area contributed by atoms with Crippen molar-refractivity contribution in [2.45, 2.75) is 58.4 Å². The van der Waals surface area contributed by atoms with Crippen LogP contribution in [-0.4, -0.2) is 24.9 Å². The van der Waals surface area contributed by atoms with Crippen molar-refractivity contribution < 1.29 is 9.47 Å². The molecule has 0 saturated carbocycles. The van der Waals surface area contributed by atoms with Crippen molar-refractivity contribution in [3.63, 3.8) is 0 Å². The molecule has 1 aromatic rings. The molecule has 1 aliphatic heterocycles. The van der Waals surface area contributed by atoms with Crippen molar-refractivity contribution in [2.24, 2.45) is 0 Å². The van der Waals surface area contributed by atoms with Crippen molar-refractivity contribution in [3.8, 4) is 0 Å². The second kappa shape index (κ2) is 7.21. The van der Waals surface area contributed by atoms with Crippen LogP contribution < -0.4 is 5.32 Å². The van der Waals surface area contributed by atoms with Crippen molar-refractivity contribution in [1.82, 2.24) is 5.32 Å². The number of nitrogens with one attached hydrogen (secondary N) is 1. The van der Waals surface area contributed by atoms with E-state index < -0.39 is 0 Å². The zero-order valence-corrected chi connectivity index (χ0v) is 12.9. The monoisotopic (exact) mass is 277 g/mol. The number of benzene rings is 1. The minimum absolute atomic E-state index is 0.147. The lowest BCUT2D eigenvalue weighted by Gasteiger charge is -2.23. The van der Waals surface area contributed by atoms with E-state index in [1.807, 2.05) is 0 Å². The van der Waals surface area contributed by atoms with Crippen LogP contribution in [0, 0.1) is 0 Å². The molecule has 0 unspecified atom stereocenters. The predicted molar refractivity (Wildman–Crippen MR) is 81.7 cm³/mol. The summed E-state index contributed by atoms with van der Waals surface area (Å²) in [5, 5.41) is 3.51. The average molecular weight is 277 g/mol. The van der Waals surface area contributed by atoms with E-state index in [4.69, 9.17) is 9.47 Å². The fraction of sp³-hybridized carbons (Fsp3) is 0.647. The molecule has 112 valence electrons. The first-order valence-corrected chi connectivity index (χ1v) is 7.55. The fourth-order valence-corrected chi connectivity index (χ4v) is 2.25. The Bertz CT molecular complexity index is 406.